The van der Waals surface area contributed by atoms with E-state index in [0.717, 1.165) is 18.4 Å². The second kappa shape index (κ2) is 9.51. The van der Waals surface area contributed by atoms with Crippen LogP contribution in [0.3, 0.4) is 0 Å². The number of benzene rings is 1. The third kappa shape index (κ3) is 5.95. The first kappa shape index (κ1) is 18.6. The SMILES string of the molecule is O=C(NCC(=O)N1CCCC(Oc2ncccn2)C1)OCc1ccccc1. The molecular weight excluding hydrogens is 348 g/mol. The highest BCUT2D eigenvalue weighted by Crippen LogP contribution is 2.15. The monoisotopic (exact) mass is 370 g/mol. The molecule has 1 unspecified atom stereocenters. The summed E-state index contributed by atoms with van der Waals surface area (Å²) in [5.41, 5.74) is 0.887. The Labute approximate surface area is 157 Å². The van der Waals surface area contributed by atoms with Crippen molar-refractivity contribution in [3.8, 4) is 6.01 Å². The van der Waals surface area contributed by atoms with Gasteiger partial charge in [0.25, 0.3) is 0 Å². The van der Waals surface area contributed by atoms with Crippen LogP contribution in [0, 0.1) is 0 Å². The first-order chi connectivity index (χ1) is 13.2. The number of carbonyl (C=O) groups is 2. The molecule has 1 aromatic carbocycles. The minimum Gasteiger partial charge on any atom is -0.458 e. The number of likely N-dealkylation sites (tertiary alicyclic amines) is 1. The highest BCUT2D eigenvalue weighted by atomic mass is 16.5. The molecule has 0 saturated carbocycles. The van der Waals surface area contributed by atoms with E-state index in [0.29, 0.717) is 19.1 Å². The van der Waals surface area contributed by atoms with Gasteiger partial charge in [-0.15, -0.1) is 0 Å². The van der Waals surface area contributed by atoms with Crippen LogP contribution in [-0.4, -0.2) is 52.6 Å². The zero-order valence-corrected chi connectivity index (χ0v) is 14.9. The largest absolute Gasteiger partial charge is 0.458 e. The van der Waals surface area contributed by atoms with E-state index in [2.05, 4.69) is 15.3 Å². The second-order valence-electron chi connectivity index (χ2n) is 6.17. The number of nitrogens with zero attached hydrogens (tertiary/aromatic N) is 3. The first-order valence-electron chi connectivity index (χ1n) is 8.87. The Hall–Kier alpha value is -3.16. The molecule has 0 radical (unpaired) electrons. The fourth-order valence-corrected chi connectivity index (χ4v) is 2.79. The van der Waals surface area contributed by atoms with E-state index in [4.69, 9.17) is 9.47 Å². The smallest absolute Gasteiger partial charge is 0.407 e. The first-order valence-corrected chi connectivity index (χ1v) is 8.87. The zero-order valence-electron chi connectivity index (χ0n) is 14.9. The molecule has 1 fully saturated rings. The molecule has 1 N–H and O–H groups in total. The summed E-state index contributed by atoms with van der Waals surface area (Å²) < 4.78 is 10.8. The molecule has 2 amide bonds. The van der Waals surface area contributed by atoms with E-state index in [-0.39, 0.29) is 25.2 Å². The molecule has 2 aromatic rings. The highest BCUT2D eigenvalue weighted by molar-refractivity contribution is 5.82. The number of nitrogens with one attached hydrogen (secondary N) is 1. The van der Waals surface area contributed by atoms with Gasteiger partial charge in [0.05, 0.1) is 6.54 Å². The summed E-state index contributed by atoms with van der Waals surface area (Å²) in [6.45, 7) is 1.13. The molecule has 8 heteroatoms. The second-order valence-corrected chi connectivity index (χ2v) is 6.17. The lowest BCUT2D eigenvalue weighted by molar-refractivity contribution is -0.132. The Bertz CT molecular complexity index is 742. The molecule has 0 spiro atoms. The highest BCUT2D eigenvalue weighted by Gasteiger charge is 2.25. The minimum atomic E-state index is -0.616. The maximum Gasteiger partial charge on any atom is 0.407 e. The van der Waals surface area contributed by atoms with Crippen molar-refractivity contribution < 1.29 is 19.1 Å². The van der Waals surface area contributed by atoms with Gasteiger partial charge in [0.15, 0.2) is 0 Å². The Morgan fingerprint density at radius 2 is 1.93 bits per heavy atom. The van der Waals surface area contributed by atoms with Gasteiger partial charge >= 0.3 is 12.1 Å². The molecule has 0 bridgehead atoms. The van der Waals surface area contributed by atoms with Gasteiger partial charge in [-0.2, -0.15) is 0 Å². The van der Waals surface area contributed by atoms with Crippen LogP contribution in [0.5, 0.6) is 6.01 Å². The van der Waals surface area contributed by atoms with Gasteiger partial charge in [-0.1, -0.05) is 30.3 Å². The summed E-state index contributed by atoms with van der Waals surface area (Å²) >= 11 is 0. The molecule has 2 heterocycles. The van der Waals surface area contributed by atoms with Crippen molar-refractivity contribution in [1.82, 2.24) is 20.2 Å². The predicted molar refractivity (Wildman–Crippen MR) is 96.9 cm³/mol. The third-order valence-electron chi connectivity index (χ3n) is 4.14. The van der Waals surface area contributed by atoms with Crippen molar-refractivity contribution in [3.63, 3.8) is 0 Å². The Morgan fingerprint density at radius 3 is 2.70 bits per heavy atom. The van der Waals surface area contributed by atoms with E-state index in [9.17, 15) is 9.59 Å². The number of hydrogen-bond acceptors (Lipinski definition) is 6. The third-order valence-corrected chi connectivity index (χ3v) is 4.14. The molecule has 1 saturated heterocycles. The number of rotatable bonds is 6. The average Bonchev–Trinajstić information content (AvgIpc) is 2.72. The molecule has 1 atom stereocenters. The Kier molecular flexibility index (Phi) is 6.56. The molecule has 8 nitrogen and oxygen atoms in total. The van der Waals surface area contributed by atoms with Crippen LogP contribution in [0.1, 0.15) is 18.4 Å². The molecule has 1 aromatic heterocycles. The van der Waals surface area contributed by atoms with Crippen molar-refractivity contribution in [2.75, 3.05) is 19.6 Å². The number of amides is 2. The van der Waals surface area contributed by atoms with Crippen LogP contribution in [0.4, 0.5) is 4.79 Å². The fraction of sp³-hybridized carbons (Fsp3) is 0.368. The van der Waals surface area contributed by atoms with Gasteiger partial charge in [-0.05, 0) is 24.5 Å². The van der Waals surface area contributed by atoms with Crippen molar-refractivity contribution in [2.45, 2.75) is 25.6 Å². The van der Waals surface area contributed by atoms with E-state index >= 15 is 0 Å². The van der Waals surface area contributed by atoms with Crippen molar-refractivity contribution >= 4 is 12.0 Å². The van der Waals surface area contributed by atoms with Gasteiger partial charge in [-0.25, -0.2) is 14.8 Å². The Balaban J connectivity index is 1.40. The summed E-state index contributed by atoms with van der Waals surface area (Å²) in [5, 5.41) is 2.50. The van der Waals surface area contributed by atoms with E-state index in [1.54, 1.807) is 23.4 Å². The molecule has 1 aliphatic heterocycles. The summed E-state index contributed by atoms with van der Waals surface area (Å²) in [7, 11) is 0. The number of aromatic nitrogens is 2. The van der Waals surface area contributed by atoms with Gasteiger partial charge in [0.1, 0.15) is 19.3 Å². The number of hydrogen-bond donors (Lipinski definition) is 1. The number of piperidine rings is 1. The summed E-state index contributed by atoms with van der Waals surface area (Å²) in [5.74, 6) is -0.172. The lowest BCUT2D eigenvalue weighted by Crippen LogP contribution is -2.48. The lowest BCUT2D eigenvalue weighted by atomic mass is 10.1. The topological polar surface area (TPSA) is 93.7 Å². The number of alkyl carbamates (subject to hydrolysis) is 1. The van der Waals surface area contributed by atoms with Gasteiger partial charge in [0, 0.05) is 18.9 Å². The number of carbonyl (C=O) groups excluding carboxylic acids is 2. The van der Waals surface area contributed by atoms with Crippen LogP contribution in [0.2, 0.25) is 0 Å². The predicted octanol–water partition coefficient (Wildman–Crippen LogP) is 1.77. The van der Waals surface area contributed by atoms with E-state index in [1.165, 1.54) is 0 Å². The normalized spacial score (nSPS) is 16.4. The molecular formula is C19H22N4O4. The Morgan fingerprint density at radius 1 is 1.15 bits per heavy atom. The average molecular weight is 370 g/mol. The van der Waals surface area contributed by atoms with Gasteiger partial charge in [-0.3, -0.25) is 4.79 Å². The standard InChI is InChI=1S/C19H22N4O4/c24-17(12-22-19(25)26-14-15-6-2-1-3-7-15)23-11-4-8-16(13-23)27-18-20-9-5-10-21-18/h1-3,5-7,9-10,16H,4,8,11-14H2,(H,22,25). The number of ether oxygens (including phenoxy) is 2. The van der Waals surface area contributed by atoms with Gasteiger partial charge < -0.3 is 19.7 Å². The summed E-state index contributed by atoms with van der Waals surface area (Å²) in [6.07, 6.45) is 4.10. The molecule has 3 rings (SSSR count). The van der Waals surface area contributed by atoms with E-state index < -0.39 is 6.09 Å². The fourth-order valence-electron chi connectivity index (χ4n) is 2.79. The molecule has 1 aliphatic rings. The summed E-state index contributed by atoms with van der Waals surface area (Å²) in [6, 6.07) is 11.4. The van der Waals surface area contributed by atoms with Crippen LogP contribution >= 0.6 is 0 Å². The van der Waals surface area contributed by atoms with Crippen LogP contribution < -0.4 is 10.1 Å². The van der Waals surface area contributed by atoms with Crippen LogP contribution in [-0.2, 0) is 16.1 Å². The van der Waals surface area contributed by atoms with Crippen molar-refractivity contribution in [3.05, 3.63) is 54.4 Å². The molecule has 27 heavy (non-hydrogen) atoms. The maximum absolute atomic E-state index is 12.3. The molecule has 142 valence electrons. The van der Waals surface area contributed by atoms with Gasteiger partial charge in [0.2, 0.25) is 5.91 Å². The van der Waals surface area contributed by atoms with Crippen molar-refractivity contribution in [1.29, 1.82) is 0 Å². The maximum atomic E-state index is 12.3. The van der Waals surface area contributed by atoms with Crippen LogP contribution in [0.25, 0.3) is 0 Å². The van der Waals surface area contributed by atoms with E-state index in [1.807, 2.05) is 30.3 Å². The van der Waals surface area contributed by atoms with Crippen LogP contribution in [0.15, 0.2) is 48.8 Å². The minimum absolute atomic E-state index is 0.109. The summed E-state index contributed by atoms with van der Waals surface area (Å²) in [4.78, 5) is 33.9. The molecule has 0 aliphatic carbocycles. The van der Waals surface area contributed by atoms with Crippen molar-refractivity contribution in [2.24, 2.45) is 0 Å². The zero-order chi connectivity index (χ0) is 18.9. The quantitative estimate of drug-likeness (QED) is 0.833. The lowest BCUT2D eigenvalue weighted by Gasteiger charge is -2.32.